The van der Waals surface area contributed by atoms with Crippen molar-refractivity contribution in [3.8, 4) is 0 Å². The molecule has 0 aromatic carbocycles. The lowest BCUT2D eigenvalue weighted by Crippen LogP contribution is -2.50. The molecule has 0 saturated carbocycles. The second-order valence-electron chi connectivity index (χ2n) is 4.53. The van der Waals surface area contributed by atoms with Crippen molar-refractivity contribution >= 4 is 12.0 Å². The van der Waals surface area contributed by atoms with Gasteiger partial charge in [-0.3, -0.25) is 4.79 Å². The number of carbonyl (C=O) groups excluding carboxylic acids is 1. The number of carboxylic acid groups (broad SMARTS) is 1. The van der Waals surface area contributed by atoms with Crippen molar-refractivity contribution in [3.05, 3.63) is 0 Å². The summed E-state index contributed by atoms with van der Waals surface area (Å²) in [5, 5.41) is 11.3. The average Bonchev–Trinajstić information content (AvgIpc) is 2.35. The smallest absolute Gasteiger partial charge is 0.317 e. The number of aliphatic carboxylic acids is 1. The van der Waals surface area contributed by atoms with Crippen LogP contribution in [0, 0.1) is 0 Å². The minimum Gasteiger partial charge on any atom is -0.481 e. The predicted octanol–water partition coefficient (Wildman–Crippen LogP) is 1.06. The summed E-state index contributed by atoms with van der Waals surface area (Å²) in [4.78, 5) is 24.1. The van der Waals surface area contributed by atoms with E-state index < -0.39 is 5.97 Å². The number of amides is 2. The normalized spacial score (nSPS) is 19.6. The van der Waals surface area contributed by atoms with E-state index in [2.05, 4.69) is 5.32 Å². The highest BCUT2D eigenvalue weighted by Gasteiger charge is 2.26. The molecule has 18 heavy (non-hydrogen) atoms. The van der Waals surface area contributed by atoms with Crippen molar-refractivity contribution in [2.24, 2.45) is 0 Å². The molecule has 2 amide bonds. The summed E-state index contributed by atoms with van der Waals surface area (Å²) in [6, 6.07) is 0.0327. The number of hydrogen-bond donors (Lipinski definition) is 2. The minimum absolute atomic E-state index is 0.0851. The number of piperidine rings is 1. The molecule has 104 valence electrons. The highest BCUT2D eigenvalue weighted by molar-refractivity contribution is 5.74. The Hall–Kier alpha value is -1.30. The molecule has 0 bridgehead atoms. The van der Waals surface area contributed by atoms with Gasteiger partial charge in [-0.1, -0.05) is 0 Å². The van der Waals surface area contributed by atoms with Gasteiger partial charge in [0.05, 0.1) is 12.6 Å². The van der Waals surface area contributed by atoms with E-state index in [1.54, 1.807) is 12.0 Å². The molecule has 1 atom stereocenters. The fraction of sp³-hybridized carbons (Fsp3) is 0.833. The number of likely N-dealkylation sites (tertiary alicyclic amines) is 1. The lowest BCUT2D eigenvalue weighted by atomic mass is 10.0. The molecule has 1 unspecified atom stereocenters. The molecule has 6 heteroatoms. The lowest BCUT2D eigenvalue weighted by Gasteiger charge is -2.35. The van der Waals surface area contributed by atoms with Crippen LogP contribution in [0.3, 0.4) is 0 Å². The quantitative estimate of drug-likeness (QED) is 0.698. The van der Waals surface area contributed by atoms with Crippen LogP contribution < -0.4 is 5.32 Å². The molecule has 1 rings (SSSR count). The molecular formula is C12H22N2O4. The molecule has 1 heterocycles. The van der Waals surface area contributed by atoms with Crippen LogP contribution in [0.4, 0.5) is 4.79 Å². The highest BCUT2D eigenvalue weighted by Crippen LogP contribution is 2.17. The minimum atomic E-state index is -0.834. The standard InChI is InChI=1S/C12H22N2O4/c1-18-9-10-5-2-3-8-14(10)12(17)13-7-4-6-11(15)16/h10H,2-9H2,1H3,(H,13,17)(H,15,16). The van der Waals surface area contributed by atoms with Gasteiger partial charge in [0.25, 0.3) is 0 Å². The summed E-state index contributed by atoms with van der Waals surface area (Å²) in [5.41, 5.74) is 0. The third-order valence-corrected chi connectivity index (χ3v) is 3.09. The van der Waals surface area contributed by atoms with Gasteiger partial charge in [0.2, 0.25) is 0 Å². The van der Waals surface area contributed by atoms with E-state index in [1.165, 1.54) is 0 Å². The van der Waals surface area contributed by atoms with Gasteiger partial charge in [0.1, 0.15) is 0 Å². The molecule has 0 spiro atoms. The first-order valence-electron chi connectivity index (χ1n) is 6.40. The number of nitrogens with zero attached hydrogens (tertiary/aromatic N) is 1. The highest BCUT2D eigenvalue weighted by atomic mass is 16.5. The maximum absolute atomic E-state index is 11.9. The van der Waals surface area contributed by atoms with Gasteiger partial charge in [-0.25, -0.2) is 4.79 Å². The summed E-state index contributed by atoms with van der Waals surface area (Å²) in [5.74, 6) is -0.834. The summed E-state index contributed by atoms with van der Waals surface area (Å²) >= 11 is 0. The number of carboxylic acids is 1. The lowest BCUT2D eigenvalue weighted by molar-refractivity contribution is -0.137. The van der Waals surface area contributed by atoms with Gasteiger partial charge in [-0.2, -0.15) is 0 Å². The average molecular weight is 258 g/mol. The Labute approximate surface area is 107 Å². The van der Waals surface area contributed by atoms with Crippen molar-refractivity contribution < 1.29 is 19.4 Å². The molecule has 1 saturated heterocycles. The molecule has 0 aromatic rings. The van der Waals surface area contributed by atoms with Crippen molar-refractivity contribution in [2.75, 3.05) is 26.8 Å². The number of nitrogens with one attached hydrogen (secondary N) is 1. The number of urea groups is 1. The monoisotopic (exact) mass is 258 g/mol. The molecule has 2 N–H and O–H groups in total. The summed E-state index contributed by atoms with van der Waals surface area (Å²) in [7, 11) is 1.64. The van der Waals surface area contributed by atoms with Crippen molar-refractivity contribution in [3.63, 3.8) is 0 Å². The van der Waals surface area contributed by atoms with Crippen LogP contribution in [0.2, 0.25) is 0 Å². The zero-order chi connectivity index (χ0) is 13.4. The van der Waals surface area contributed by atoms with Gasteiger partial charge in [0.15, 0.2) is 0 Å². The summed E-state index contributed by atoms with van der Waals surface area (Å²) in [6.07, 6.45) is 3.65. The van der Waals surface area contributed by atoms with E-state index in [9.17, 15) is 9.59 Å². The van der Waals surface area contributed by atoms with Crippen LogP contribution in [-0.4, -0.2) is 54.9 Å². The second kappa shape index (κ2) is 7.92. The van der Waals surface area contributed by atoms with E-state index in [-0.39, 0.29) is 18.5 Å². The molecule has 6 nitrogen and oxygen atoms in total. The predicted molar refractivity (Wildman–Crippen MR) is 66.5 cm³/mol. The molecule has 0 aliphatic carbocycles. The van der Waals surface area contributed by atoms with E-state index in [0.29, 0.717) is 19.6 Å². The zero-order valence-corrected chi connectivity index (χ0v) is 10.9. The molecule has 1 aliphatic rings. The van der Waals surface area contributed by atoms with Gasteiger partial charge >= 0.3 is 12.0 Å². The van der Waals surface area contributed by atoms with E-state index in [0.717, 1.165) is 25.8 Å². The molecule has 0 radical (unpaired) electrons. The number of carbonyl (C=O) groups is 2. The van der Waals surface area contributed by atoms with E-state index in [1.807, 2.05) is 0 Å². The Morgan fingerprint density at radius 2 is 2.22 bits per heavy atom. The van der Waals surface area contributed by atoms with Crippen LogP contribution in [0.25, 0.3) is 0 Å². The van der Waals surface area contributed by atoms with Crippen LogP contribution in [0.15, 0.2) is 0 Å². The van der Waals surface area contributed by atoms with Crippen molar-refractivity contribution in [1.82, 2.24) is 10.2 Å². The van der Waals surface area contributed by atoms with Gasteiger partial charge < -0.3 is 20.1 Å². The van der Waals surface area contributed by atoms with Crippen LogP contribution in [0.5, 0.6) is 0 Å². The third-order valence-electron chi connectivity index (χ3n) is 3.09. The maximum Gasteiger partial charge on any atom is 0.317 e. The molecule has 0 aromatic heterocycles. The van der Waals surface area contributed by atoms with Crippen molar-refractivity contribution in [1.29, 1.82) is 0 Å². The largest absolute Gasteiger partial charge is 0.481 e. The first-order valence-corrected chi connectivity index (χ1v) is 6.40. The first-order chi connectivity index (χ1) is 8.65. The fourth-order valence-corrected chi connectivity index (χ4v) is 2.17. The topological polar surface area (TPSA) is 78.9 Å². The summed E-state index contributed by atoms with van der Waals surface area (Å²) in [6.45, 7) is 1.71. The summed E-state index contributed by atoms with van der Waals surface area (Å²) < 4.78 is 5.12. The van der Waals surface area contributed by atoms with Gasteiger partial charge in [-0.05, 0) is 25.7 Å². The second-order valence-corrected chi connectivity index (χ2v) is 4.53. The number of ether oxygens (including phenoxy) is 1. The Morgan fingerprint density at radius 1 is 1.44 bits per heavy atom. The van der Waals surface area contributed by atoms with E-state index in [4.69, 9.17) is 9.84 Å². The van der Waals surface area contributed by atoms with Crippen LogP contribution >= 0.6 is 0 Å². The number of methoxy groups -OCH3 is 1. The van der Waals surface area contributed by atoms with Gasteiger partial charge in [-0.15, -0.1) is 0 Å². The molecule has 1 aliphatic heterocycles. The number of rotatable bonds is 6. The van der Waals surface area contributed by atoms with E-state index >= 15 is 0 Å². The zero-order valence-electron chi connectivity index (χ0n) is 10.9. The Bertz CT molecular complexity index is 281. The van der Waals surface area contributed by atoms with Crippen molar-refractivity contribution in [2.45, 2.75) is 38.1 Å². The van der Waals surface area contributed by atoms with Crippen LogP contribution in [0.1, 0.15) is 32.1 Å². The molecule has 1 fully saturated rings. The molecular weight excluding hydrogens is 236 g/mol. The Balaban J connectivity index is 2.31. The Kier molecular flexibility index (Phi) is 6.49. The van der Waals surface area contributed by atoms with Crippen LogP contribution in [-0.2, 0) is 9.53 Å². The maximum atomic E-state index is 11.9. The first kappa shape index (κ1) is 14.8. The fourth-order valence-electron chi connectivity index (χ4n) is 2.17. The third kappa shape index (κ3) is 4.91. The number of hydrogen-bond acceptors (Lipinski definition) is 3. The Morgan fingerprint density at radius 3 is 2.89 bits per heavy atom. The van der Waals surface area contributed by atoms with Gasteiger partial charge in [0, 0.05) is 26.6 Å². The SMILES string of the molecule is COCC1CCCCN1C(=O)NCCCC(=O)O.